The van der Waals surface area contributed by atoms with E-state index in [1.54, 1.807) is 18.3 Å². The molecular formula is C9H6ClFN2. The van der Waals surface area contributed by atoms with Gasteiger partial charge in [-0.1, -0.05) is 23.7 Å². The van der Waals surface area contributed by atoms with Gasteiger partial charge in [-0.2, -0.15) is 5.10 Å². The maximum absolute atomic E-state index is 12.6. The molecule has 0 fully saturated rings. The highest BCUT2D eigenvalue weighted by atomic mass is 35.5. The fourth-order valence-electron chi connectivity index (χ4n) is 1.10. The maximum Gasteiger partial charge on any atom is 0.132 e. The number of rotatable bonds is 1. The molecule has 0 aliphatic carbocycles. The molecule has 2 rings (SSSR count). The van der Waals surface area contributed by atoms with Crippen molar-refractivity contribution in [3.8, 4) is 11.1 Å². The quantitative estimate of drug-likeness (QED) is 0.747. The van der Waals surface area contributed by atoms with Crippen molar-refractivity contribution in [3.63, 3.8) is 0 Å². The topological polar surface area (TPSA) is 28.7 Å². The van der Waals surface area contributed by atoms with Crippen molar-refractivity contribution < 1.29 is 4.39 Å². The molecule has 0 saturated carbocycles. The summed E-state index contributed by atoms with van der Waals surface area (Å²) in [6.45, 7) is 0. The number of H-pyrrole nitrogens is 1. The lowest BCUT2D eigenvalue weighted by Crippen LogP contribution is -1.76. The van der Waals surface area contributed by atoms with Crippen LogP contribution in [0.15, 0.2) is 30.5 Å². The molecule has 0 spiro atoms. The van der Waals surface area contributed by atoms with Crippen LogP contribution in [-0.4, -0.2) is 10.2 Å². The Labute approximate surface area is 79.4 Å². The molecule has 2 aromatic rings. The smallest absolute Gasteiger partial charge is 0.132 e. The highest BCUT2D eigenvalue weighted by Crippen LogP contribution is 2.25. The summed E-state index contributed by atoms with van der Waals surface area (Å²) in [5.74, 6) is -0.261. The first-order valence-electron chi connectivity index (χ1n) is 3.72. The van der Waals surface area contributed by atoms with E-state index in [4.69, 9.17) is 11.6 Å². The minimum Gasteiger partial charge on any atom is -0.267 e. The van der Waals surface area contributed by atoms with Gasteiger partial charge in [-0.25, -0.2) is 4.39 Å². The minimum absolute atomic E-state index is 0.261. The van der Waals surface area contributed by atoms with Crippen LogP contribution in [0.5, 0.6) is 0 Å². The Hall–Kier alpha value is -1.35. The van der Waals surface area contributed by atoms with Crippen LogP contribution in [0, 0.1) is 5.82 Å². The summed E-state index contributed by atoms with van der Waals surface area (Å²) in [4.78, 5) is 0. The maximum atomic E-state index is 12.6. The van der Waals surface area contributed by atoms with Crippen molar-refractivity contribution in [2.75, 3.05) is 0 Å². The van der Waals surface area contributed by atoms with Gasteiger partial charge in [0.05, 0.1) is 6.20 Å². The van der Waals surface area contributed by atoms with E-state index in [9.17, 15) is 4.39 Å². The van der Waals surface area contributed by atoms with Crippen molar-refractivity contribution in [2.24, 2.45) is 0 Å². The lowest BCUT2D eigenvalue weighted by molar-refractivity contribution is 0.628. The van der Waals surface area contributed by atoms with Crippen LogP contribution in [0.1, 0.15) is 0 Å². The van der Waals surface area contributed by atoms with E-state index in [2.05, 4.69) is 10.2 Å². The molecule has 4 heteroatoms. The SMILES string of the molecule is Fc1ccc(-c2cn[nH]c2Cl)cc1. The minimum atomic E-state index is -0.261. The third kappa shape index (κ3) is 1.55. The van der Waals surface area contributed by atoms with Crippen LogP contribution < -0.4 is 0 Å². The van der Waals surface area contributed by atoms with Crippen molar-refractivity contribution >= 4 is 11.6 Å². The molecule has 0 atom stereocenters. The molecule has 1 aromatic heterocycles. The molecule has 0 aliphatic heterocycles. The summed E-state index contributed by atoms with van der Waals surface area (Å²) in [6, 6.07) is 6.09. The van der Waals surface area contributed by atoms with E-state index in [0.717, 1.165) is 11.1 Å². The molecule has 0 unspecified atom stereocenters. The van der Waals surface area contributed by atoms with Crippen molar-refractivity contribution in [1.29, 1.82) is 0 Å². The van der Waals surface area contributed by atoms with E-state index in [-0.39, 0.29) is 5.82 Å². The number of hydrogen-bond acceptors (Lipinski definition) is 1. The zero-order valence-electron chi connectivity index (χ0n) is 6.59. The number of benzene rings is 1. The van der Waals surface area contributed by atoms with Crippen molar-refractivity contribution in [1.82, 2.24) is 10.2 Å². The summed E-state index contributed by atoms with van der Waals surface area (Å²) >= 11 is 5.80. The first kappa shape index (κ1) is 8.26. The molecule has 0 radical (unpaired) electrons. The molecule has 13 heavy (non-hydrogen) atoms. The van der Waals surface area contributed by atoms with Crippen LogP contribution in [0.25, 0.3) is 11.1 Å². The second-order valence-corrected chi connectivity index (χ2v) is 2.98. The fraction of sp³-hybridized carbons (Fsp3) is 0. The van der Waals surface area contributed by atoms with Gasteiger partial charge in [-0.3, -0.25) is 5.10 Å². The molecule has 0 amide bonds. The third-order valence-corrected chi connectivity index (χ3v) is 2.04. The molecule has 0 bridgehead atoms. The number of aromatic amines is 1. The molecule has 0 aliphatic rings. The molecular weight excluding hydrogens is 191 g/mol. The number of nitrogens with zero attached hydrogens (tertiary/aromatic N) is 1. The van der Waals surface area contributed by atoms with Gasteiger partial charge in [0.1, 0.15) is 11.0 Å². The third-order valence-electron chi connectivity index (χ3n) is 1.75. The highest BCUT2D eigenvalue weighted by Gasteiger charge is 2.04. The second kappa shape index (κ2) is 3.18. The summed E-state index contributed by atoms with van der Waals surface area (Å²) in [5.41, 5.74) is 1.63. The predicted octanol–water partition coefficient (Wildman–Crippen LogP) is 2.87. The van der Waals surface area contributed by atoms with E-state index < -0.39 is 0 Å². The van der Waals surface area contributed by atoms with Gasteiger partial charge in [0.25, 0.3) is 0 Å². The summed E-state index contributed by atoms with van der Waals surface area (Å²) in [5, 5.41) is 6.84. The number of halogens is 2. The van der Waals surface area contributed by atoms with Gasteiger partial charge in [0.2, 0.25) is 0 Å². The molecule has 66 valence electrons. The molecule has 1 N–H and O–H groups in total. The second-order valence-electron chi connectivity index (χ2n) is 2.60. The zero-order chi connectivity index (χ0) is 9.26. The van der Waals surface area contributed by atoms with Crippen molar-refractivity contribution in [3.05, 3.63) is 41.4 Å². The first-order valence-corrected chi connectivity index (χ1v) is 4.10. The zero-order valence-corrected chi connectivity index (χ0v) is 7.35. The molecule has 1 aromatic carbocycles. The average Bonchev–Trinajstić information content (AvgIpc) is 2.53. The summed E-state index contributed by atoms with van der Waals surface area (Å²) in [6.07, 6.45) is 1.61. The Morgan fingerprint density at radius 2 is 1.92 bits per heavy atom. The largest absolute Gasteiger partial charge is 0.267 e. The van der Waals surface area contributed by atoms with Crippen LogP contribution in [-0.2, 0) is 0 Å². The van der Waals surface area contributed by atoms with Gasteiger partial charge in [-0.15, -0.1) is 0 Å². The number of hydrogen-bond donors (Lipinski definition) is 1. The monoisotopic (exact) mass is 196 g/mol. The Morgan fingerprint density at radius 3 is 2.46 bits per heavy atom. The van der Waals surface area contributed by atoms with Crippen LogP contribution in [0.2, 0.25) is 5.15 Å². The lowest BCUT2D eigenvalue weighted by Gasteiger charge is -1.96. The van der Waals surface area contributed by atoms with Crippen LogP contribution in [0.4, 0.5) is 4.39 Å². The normalized spacial score (nSPS) is 10.3. The average molecular weight is 197 g/mol. The van der Waals surface area contributed by atoms with Gasteiger partial charge in [0.15, 0.2) is 0 Å². The predicted molar refractivity (Wildman–Crippen MR) is 49.0 cm³/mol. The van der Waals surface area contributed by atoms with Crippen LogP contribution >= 0.6 is 11.6 Å². The van der Waals surface area contributed by atoms with Crippen molar-refractivity contribution in [2.45, 2.75) is 0 Å². The Kier molecular flexibility index (Phi) is 2.02. The molecule has 2 nitrogen and oxygen atoms in total. The molecule has 0 saturated heterocycles. The first-order chi connectivity index (χ1) is 6.27. The van der Waals surface area contributed by atoms with Gasteiger partial charge in [0, 0.05) is 5.56 Å². The van der Waals surface area contributed by atoms with E-state index in [0.29, 0.717) is 5.15 Å². The standard InChI is InChI=1S/C9H6ClFN2/c10-9-8(5-12-13-9)6-1-3-7(11)4-2-6/h1-5H,(H,12,13). The number of aromatic nitrogens is 2. The number of nitrogens with one attached hydrogen (secondary N) is 1. The summed E-state index contributed by atoms with van der Waals surface area (Å²) < 4.78 is 12.6. The van der Waals surface area contributed by atoms with E-state index in [1.807, 2.05) is 0 Å². The summed E-state index contributed by atoms with van der Waals surface area (Å²) in [7, 11) is 0. The van der Waals surface area contributed by atoms with Gasteiger partial charge >= 0.3 is 0 Å². The Balaban J connectivity index is 2.47. The van der Waals surface area contributed by atoms with Gasteiger partial charge < -0.3 is 0 Å². The lowest BCUT2D eigenvalue weighted by atomic mass is 10.1. The Morgan fingerprint density at radius 1 is 1.23 bits per heavy atom. The fourth-order valence-corrected chi connectivity index (χ4v) is 1.31. The van der Waals surface area contributed by atoms with E-state index in [1.165, 1.54) is 12.1 Å². The highest BCUT2D eigenvalue weighted by molar-refractivity contribution is 6.32. The Bertz CT molecular complexity index is 408. The van der Waals surface area contributed by atoms with Gasteiger partial charge in [-0.05, 0) is 17.7 Å². The van der Waals surface area contributed by atoms with E-state index >= 15 is 0 Å². The van der Waals surface area contributed by atoms with Crippen LogP contribution in [0.3, 0.4) is 0 Å². The molecule has 1 heterocycles.